The molecule has 7 heteroatoms. The minimum atomic E-state index is -0.731. The standard InChI is InChI=1S/C35H41NO6/c1-26(37)20-21-30-32(40-23-28-16-10-6-11-17-28)33(41-24-29-18-12-7-13-19-29)31(36(30)34(38)42-35(2,3)4)25-39-22-27-14-8-5-9-15-27/h5-21,30-33H,22-25H2,1-4H3/b21-20+/t30-,31+,32+,33-/m1/s1. The van der Waals surface area contributed by atoms with Gasteiger partial charge in [-0.25, -0.2) is 4.79 Å². The number of likely N-dealkylation sites (tertiary alicyclic amines) is 1. The molecule has 0 radical (unpaired) electrons. The van der Waals surface area contributed by atoms with Gasteiger partial charge in [0, 0.05) is 0 Å². The SMILES string of the molecule is CC(=O)/C=C/[C@@H]1[C@H](OCc2ccccc2)[C@H](OCc2ccccc2)[C@H](COCc2ccccc2)N1C(=O)OC(C)(C)C. The fourth-order valence-electron chi connectivity index (χ4n) is 4.94. The fourth-order valence-corrected chi connectivity index (χ4v) is 4.94. The number of ketones is 1. The van der Waals surface area contributed by atoms with E-state index >= 15 is 0 Å². The van der Waals surface area contributed by atoms with Crippen molar-refractivity contribution in [1.82, 2.24) is 4.90 Å². The second-order valence-corrected chi connectivity index (χ2v) is 11.4. The third-order valence-corrected chi connectivity index (χ3v) is 6.82. The maximum Gasteiger partial charge on any atom is 0.411 e. The molecule has 0 bridgehead atoms. The summed E-state index contributed by atoms with van der Waals surface area (Å²) in [6.45, 7) is 8.14. The Morgan fingerprint density at radius 1 is 0.738 bits per heavy atom. The Morgan fingerprint density at radius 3 is 1.69 bits per heavy atom. The summed E-state index contributed by atoms with van der Waals surface area (Å²) in [5.41, 5.74) is 2.27. The van der Waals surface area contributed by atoms with E-state index in [1.807, 2.05) is 112 Å². The zero-order chi connectivity index (χ0) is 30.0. The molecule has 42 heavy (non-hydrogen) atoms. The summed E-state index contributed by atoms with van der Waals surface area (Å²) < 4.78 is 25.2. The molecule has 1 heterocycles. The summed E-state index contributed by atoms with van der Waals surface area (Å²) in [4.78, 5) is 27.5. The number of benzene rings is 3. The zero-order valence-electron chi connectivity index (χ0n) is 24.8. The van der Waals surface area contributed by atoms with Crippen molar-refractivity contribution in [3.8, 4) is 0 Å². The van der Waals surface area contributed by atoms with E-state index in [2.05, 4.69) is 0 Å². The van der Waals surface area contributed by atoms with Crippen LogP contribution in [0.2, 0.25) is 0 Å². The molecule has 0 spiro atoms. The first-order chi connectivity index (χ1) is 20.2. The highest BCUT2D eigenvalue weighted by molar-refractivity contribution is 5.87. The maximum absolute atomic E-state index is 13.8. The van der Waals surface area contributed by atoms with Crippen molar-refractivity contribution in [2.24, 2.45) is 0 Å². The molecule has 0 aromatic heterocycles. The highest BCUT2D eigenvalue weighted by atomic mass is 16.6. The van der Waals surface area contributed by atoms with Crippen LogP contribution in [0.4, 0.5) is 4.79 Å². The molecule has 3 aromatic rings. The molecule has 3 aromatic carbocycles. The van der Waals surface area contributed by atoms with Crippen LogP contribution in [0.1, 0.15) is 44.4 Å². The van der Waals surface area contributed by atoms with Gasteiger partial charge in [-0.2, -0.15) is 0 Å². The van der Waals surface area contributed by atoms with Gasteiger partial charge in [-0.3, -0.25) is 9.69 Å². The molecule has 1 saturated heterocycles. The van der Waals surface area contributed by atoms with Gasteiger partial charge in [-0.1, -0.05) is 97.1 Å². The predicted octanol–water partition coefficient (Wildman–Crippen LogP) is 6.51. The van der Waals surface area contributed by atoms with Crippen molar-refractivity contribution < 1.29 is 28.5 Å². The van der Waals surface area contributed by atoms with Crippen LogP contribution in [0.5, 0.6) is 0 Å². The lowest BCUT2D eigenvalue weighted by Crippen LogP contribution is -2.48. The molecular weight excluding hydrogens is 530 g/mol. The Hall–Kier alpha value is -3.78. The molecule has 1 aliphatic heterocycles. The van der Waals surface area contributed by atoms with E-state index in [1.54, 1.807) is 11.0 Å². The number of carbonyl (C=O) groups excluding carboxylic acids is 2. The number of rotatable bonds is 12. The molecule has 0 unspecified atom stereocenters. The second-order valence-electron chi connectivity index (χ2n) is 11.4. The Morgan fingerprint density at radius 2 is 1.21 bits per heavy atom. The van der Waals surface area contributed by atoms with Gasteiger partial charge in [0.25, 0.3) is 0 Å². The van der Waals surface area contributed by atoms with Crippen molar-refractivity contribution in [1.29, 1.82) is 0 Å². The average Bonchev–Trinajstić information content (AvgIpc) is 3.26. The van der Waals surface area contributed by atoms with Gasteiger partial charge < -0.3 is 18.9 Å². The first kappa shape index (κ1) is 31.2. The van der Waals surface area contributed by atoms with Crippen LogP contribution in [0, 0.1) is 0 Å². The predicted molar refractivity (Wildman–Crippen MR) is 162 cm³/mol. The van der Waals surface area contributed by atoms with Crippen molar-refractivity contribution in [3.05, 3.63) is 120 Å². The molecule has 222 valence electrons. The lowest BCUT2D eigenvalue weighted by Gasteiger charge is -2.32. The summed E-state index contributed by atoms with van der Waals surface area (Å²) in [5, 5.41) is 0. The van der Waals surface area contributed by atoms with Gasteiger partial charge in [-0.05, 0) is 50.5 Å². The van der Waals surface area contributed by atoms with Gasteiger partial charge in [0.05, 0.1) is 38.5 Å². The number of ether oxygens (including phenoxy) is 4. The van der Waals surface area contributed by atoms with E-state index in [4.69, 9.17) is 18.9 Å². The monoisotopic (exact) mass is 571 g/mol. The lowest BCUT2D eigenvalue weighted by atomic mass is 10.1. The second kappa shape index (κ2) is 14.9. The van der Waals surface area contributed by atoms with Crippen LogP contribution in [0.25, 0.3) is 0 Å². The van der Waals surface area contributed by atoms with Crippen LogP contribution in [-0.4, -0.2) is 53.3 Å². The van der Waals surface area contributed by atoms with E-state index in [1.165, 1.54) is 13.0 Å². The highest BCUT2D eigenvalue weighted by Crippen LogP contribution is 2.34. The third-order valence-electron chi connectivity index (χ3n) is 6.82. The topological polar surface area (TPSA) is 74.3 Å². The molecule has 4 rings (SSSR count). The summed E-state index contributed by atoms with van der Waals surface area (Å²) >= 11 is 0. The molecule has 1 fully saturated rings. The largest absolute Gasteiger partial charge is 0.444 e. The van der Waals surface area contributed by atoms with Crippen molar-refractivity contribution in [3.63, 3.8) is 0 Å². The molecule has 0 saturated carbocycles. The van der Waals surface area contributed by atoms with Crippen LogP contribution < -0.4 is 0 Å². The molecule has 0 N–H and O–H groups in total. The van der Waals surface area contributed by atoms with E-state index in [0.717, 1.165) is 16.7 Å². The number of hydrogen-bond donors (Lipinski definition) is 0. The molecule has 7 nitrogen and oxygen atoms in total. The number of amides is 1. The Labute approximate surface area is 249 Å². The molecule has 1 aliphatic rings. The Kier molecular flexibility index (Phi) is 11.1. The summed E-state index contributed by atoms with van der Waals surface area (Å²) in [7, 11) is 0. The van der Waals surface area contributed by atoms with Crippen LogP contribution in [0.15, 0.2) is 103 Å². The van der Waals surface area contributed by atoms with Gasteiger partial charge in [0.15, 0.2) is 5.78 Å². The smallest absolute Gasteiger partial charge is 0.411 e. The maximum atomic E-state index is 13.8. The minimum Gasteiger partial charge on any atom is -0.444 e. The number of nitrogens with zero attached hydrogens (tertiary/aromatic N) is 1. The van der Waals surface area contributed by atoms with E-state index in [9.17, 15) is 9.59 Å². The fraction of sp³-hybridized carbons (Fsp3) is 0.371. The molecule has 0 aliphatic carbocycles. The normalized spacial score (nSPS) is 20.6. The van der Waals surface area contributed by atoms with Crippen LogP contribution >= 0.6 is 0 Å². The zero-order valence-corrected chi connectivity index (χ0v) is 24.8. The summed E-state index contributed by atoms with van der Waals surface area (Å²) in [5.74, 6) is -0.133. The van der Waals surface area contributed by atoms with E-state index in [0.29, 0.717) is 19.8 Å². The summed E-state index contributed by atoms with van der Waals surface area (Å²) in [6, 6.07) is 28.4. The van der Waals surface area contributed by atoms with Gasteiger partial charge in [0.1, 0.15) is 17.8 Å². The first-order valence-corrected chi connectivity index (χ1v) is 14.3. The Bertz CT molecular complexity index is 1290. The van der Waals surface area contributed by atoms with E-state index in [-0.39, 0.29) is 12.4 Å². The molecule has 4 atom stereocenters. The quantitative estimate of drug-likeness (QED) is 0.231. The Balaban J connectivity index is 1.69. The first-order valence-electron chi connectivity index (χ1n) is 14.3. The number of hydrogen-bond acceptors (Lipinski definition) is 6. The van der Waals surface area contributed by atoms with Crippen LogP contribution in [0.3, 0.4) is 0 Å². The van der Waals surface area contributed by atoms with Crippen molar-refractivity contribution in [2.45, 2.75) is 77.4 Å². The van der Waals surface area contributed by atoms with Gasteiger partial charge in [-0.15, -0.1) is 0 Å². The highest BCUT2D eigenvalue weighted by Gasteiger charge is 2.53. The van der Waals surface area contributed by atoms with Crippen LogP contribution in [-0.2, 0) is 43.6 Å². The summed E-state index contributed by atoms with van der Waals surface area (Å²) in [6.07, 6.45) is 1.51. The molecular formula is C35H41NO6. The van der Waals surface area contributed by atoms with E-state index < -0.39 is 36.0 Å². The average molecular weight is 572 g/mol. The lowest BCUT2D eigenvalue weighted by molar-refractivity contribution is -0.112. The van der Waals surface area contributed by atoms with Gasteiger partial charge >= 0.3 is 6.09 Å². The minimum absolute atomic E-state index is 0.133. The van der Waals surface area contributed by atoms with Gasteiger partial charge in [0.2, 0.25) is 0 Å². The number of allylic oxidation sites excluding steroid dienone is 1. The molecule has 1 amide bonds. The van der Waals surface area contributed by atoms with Crippen molar-refractivity contribution in [2.75, 3.05) is 6.61 Å². The van der Waals surface area contributed by atoms with Crippen molar-refractivity contribution >= 4 is 11.9 Å². The number of carbonyl (C=O) groups is 2. The third kappa shape index (κ3) is 9.11.